The number of aromatic nitrogens is 1. The van der Waals surface area contributed by atoms with Crippen LogP contribution in [0.3, 0.4) is 0 Å². The Balaban J connectivity index is 1.91. The van der Waals surface area contributed by atoms with Gasteiger partial charge in [-0.25, -0.2) is 9.78 Å². The molecule has 1 aliphatic rings. The molecule has 35 heavy (non-hydrogen) atoms. The number of hydrogen-bond donors (Lipinski definition) is 2. The molecule has 2 heterocycles. The summed E-state index contributed by atoms with van der Waals surface area (Å²) >= 11 is 0. The zero-order valence-electron chi connectivity index (χ0n) is 21.0. The Kier molecular flexibility index (Phi) is 9.25. The van der Waals surface area contributed by atoms with Gasteiger partial charge in [-0.2, -0.15) is 0 Å². The van der Waals surface area contributed by atoms with E-state index in [-0.39, 0.29) is 42.5 Å². The summed E-state index contributed by atoms with van der Waals surface area (Å²) in [7, 11) is 1.73. The summed E-state index contributed by atoms with van der Waals surface area (Å²) < 4.78 is 6.26. The maximum atomic E-state index is 13.5. The fraction of sp³-hybridized carbons (Fsp3) is 0.444. The van der Waals surface area contributed by atoms with Gasteiger partial charge < -0.3 is 25.0 Å². The predicted molar refractivity (Wildman–Crippen MR) is 137 cm³/mol. The lowest BCUT2D eigenvalue weighted by Crippen LogP contribution is -2.51. The van der Waals surface area contributed by atoms with Crippen LogP contribution in [0, 0.1) is 5.92 Å². The van der Waals surface area contributed by atoms with E-state index in [9.17, 15) is 14.7 Å². The molecule has 0 saturated heterocycles. The SMILES string of the molecule is CCCNC(=O)N(C)C[C@@H]1Oc2ncc(/C=C/c3ccccc3)cc2C(=O)N([C@H](C)CO)C[C@H]1C. The van der Waals surface area contributed by atoms with Gasteiger partial charge in [-0.1, -0.05) is 56.3 Å². The molecule has 3 atom stereocenters. The van der Waals surface area contributed by atoms with Crippen LogP contribution in [0.1, 0.15) is 48.7 Å². The molecule has 1 aromatic carbocycles. The predicted octanol–water partition coefficient (Wildman–Crippen LogP) is 3.52. The third kappa shape index (κ3) is 6.82. The summed E-state index contributed by atoms with van der Waals surface area (Å²) in [6.45, 7) is 6.97. The molecule has 3 amide bonds. The van der Waals surface area contributed by atoms with E-state index in [0.29, 0.717) is 25.2 Å². The average molecular weight is 481 g/mol. The highest BCUT2D eigenvalue weighted by Gasteiger charge is 2.34. The van der Waals surface area contributed by atoms with E-state index in [1.807, 2.05) is 63.3 Å². The maximum absolute atomic E-state index is 13.5. The molecule has 0 unspecified atom stereocenters. The van der Waals surface area contributed by atoms with Gasteiger partial charge in [0.05, 0.1) is 19.2 Å². The van der Waals surface area contributed by atoms with E-state index in [1.165, 1.54) is 0 Å². The van der Waals surface area contributed by atoms with Gasteiger partial charge in [0.25, 0.3) is 5.91 Å². The van der Waals surface area contributed by atoms with Gasteiger partial charge in [0, 0.05) is 32.3 Å². The van der Waals surface area contributed by atoms with Crippen LogP contribution in [0.25, 0.3) is 12.2 Å². The molecule has 0 aliphatic carbocycles. The van der Waals surface area contributed by atoms with Crippen LogP contribution in [-0.2, 0) is 0 Å². The standard InChI is InChI=1S/C27H36N4O4/c1-5-13-28-27(34)30(4)17-24-19(2)16-31(20(3)18-32)26(33)23-14-22(15-29-25(23)35-24)12-11-21-9-7-6-8-10-21/h6-12,14-15,19-20,24,32H,5,13,16-18H2,1-4H3,(H,28,34)/b12-11+/t19-,20-,24+/m1/s1. The van der Waals surface area contributed by atoms with Gasteiger partial charge in [0.15, 0.2) is 0 Å². The summed E-state index contributed by atoms with van der Waals surface area (Å²) in [5.41, 5.74) is 2.15. The lowest BCUT2D eigenvalue weighted by atomic mass is 10.00. The maximum Gasteiger partial charge on any atom is 0.317 e. The van der Waals surface area contributed by atoms with Gasteiger partial charge in [0.1, 0.15) is 11.7 Å². The van der Waals surface area contributed by atoms with Gasteiger partial charge >= 0.3 is 6.03 Å². The molecule has 188 valence electrons. The number of nitrogens with one attached hydrogen (secondary N) is 1. The third-order valence-corrected chi connectivity index (χ3v) is 6.14. The molecule has 0 saturated carbocycles. The fourth-order valence-electron chi connectivity index (χ4n) is 3.90. The second-order valence-electron chi connectivity index (χ2n) is 9.10. The van der Waals surface area contributed by atoms with E-state index < -0.39 is 0 Å². The molecule has 0 fully saturated rings. The molecule has 0 radical (unpaired) electrons. The first kappa shape index (κ1) is 26.2. The molecule has 8 nitrogen and oxygen atoms in total. The van der Waals surface area contributed by atoms with E-state index in [2.05, 4.69) is 10.3 Å². The second kappa shape index (κ2) is 12.4. The van der Waals surface area contributed by atoms with Gasteiger partial charge in [0.2, 0.25) is 5.88 Å². The largest absolute Gasteiger partial charge is 0.472 e. The number of aliphatic hydroxyl groups is 1. The Morgan fingerprint density at radius 3 is 2.71 bits per heavy atom. The van der Waals surface area contributed by atoms with E-state index in [4.69, 9.17) is 4.74 Å². The summed E-state index contributed by atoms with van der Waals surface area (Å²) in [5.74, 6) is -0.0914. The topological polar surface area (TPSA) is 95.0 Å². The van der Waals surface area contributed by atoms with E-state index in [0.717, 1.165) is 17.5 Å². The van der Waals surface area contributed by atoms with Crippen LogP contribution in [-0.4, -0.2) is 77.3 Å². The van der Waals surface area contributed by atoms with Crippen molar-refractivity contribution in [2.75, 3.05) is 33.3 Å². The molecule has 2 N–H and O–H groups in total. The zero-order chi connectivity index (χ0) is 25.4. The van der Waals surface area contributed by atoms with Crippen molar-refractivity contribution < 1.29 is 19.4 Å². The van der Waals surface area contributed by atoms with Gasteiger partial charge in [-0.05, 0) is 30.5 Å². The van der Waals surface area contributed by atoms with Crippen LogP contribution in [0.2, 0.25) is 0 Å². The normalized spacial score (nSPS) is 18.9. The molecule has 1 aliphatic heterocycles. The fourth-order valence-corrected chi connectivity index (χ4v) is 3.90. The number of nitrogens with zero attached hydrogens (tertiary/aromatic N) is 3. The second-order valence-corrected chi connectivity index (χ2v) is 9.10. The smallest absolute Gasteiger partial charge is 0.317 e. The molecule has 2 aromatic rings. The van der Waals surface area contributed by atoms with Crippen LogP contribution >= 0.6 is 0 Å². The monoisotopic (exact) mass is 480 g/mol. The molecule has 0 spiro atoms. The number of carbonyl (C=O) groups excluding carboxylic acids is 2. The van der Waals surface area contributed by atoms with Crippen LogP contribution in [0.15, 0.2) is 42.6 Å². The number of amides is 3. The highest BCUT2D eigenvalue weighted by Crippen LogP contribution is 2.28. The number of pyridine rings is 1. The first-order chi connectivity index (χ1) is 16.8. The minimum absolute atomic E-state index is 0.0954. The Labute approximate surface area is 207 Å². The number of likely N-dealkylation sites (N-methyl/N-ethyl adjacent to an activating group) is 1. The van der Waals surface area contributed by atoms with Crippen molar-refractivity contribution in [1.29, 1.82) is 0 Å². The van der Waals surface area contributed by atoms with Crippen molar-refractivity contribution in [1.82, 2.24) is 20.1 Å². The van der Waals surface area contributed by atoms with Gasteiger partial charge in [-0.15, -0.1) is 0 Å². The minimum Gasteiger partial charge on any atom is -0.472 e. The first-order valence-electron chi connectivity index (χ1n) is 12.1. The molecule has 0 bridgehead atoms. The number of carbonyl (C=O) groups is 2. The molecule has 1 aromatic heterocycles. The molecular formula is C27H36N4O4. The highest BCUT2D eigenvalue weighted by atomic mass is 16.5. The Hall–Kier alpha value is -3.39. The quantitative estimate of drug-likeness (QED) is 0.603. The average Bonchev–Trinajstić information content (AvgIpc) is 2.88. The minimum atomic E-state index is -0.383. The van der Waals surface area contributed by atoms with Crippen LogP contribution in [0.4, 0.5) is 4.79 Å². The molecular weight excluding hydrogens is 444 g/mol. The lowest BCUT2D eigenvalue weighted by molar-refractivity contribution is 0.0352. The van der Waals surface area contributed by atoms with Crippen LogP contribution in [0.5, 0.6) is 5.88 Å². The Bertz CT molecular complexity index is 1030. The van der Waals surface area contributed by atoms with E-state index in [1.54, 1.807) is 29.1 Å². The van der Waals surface area contributed by atoms with Gasteiger partial charge in [-0.3, -0.25) is 4.79 Å². The Morgan fingerprint density at radius 2 is 2.03 bits per heavy atom. The number of ether oxygens (including phenoxy) is 1. The van der Waals surface area contributed by atoms with Crippen molar-refractivity contribution in [2.24, 2.45) is 5.92 Å². The number of fused-ring (bicyclic) bond motifs is 1. The lowest BCUT2D eigenvalue weighted by Gasteiger charge is -2.37. The summed E-state index contributed by atoms with van der Waals surface area (Å²) in [6.07, 6.45) is 6.00. The Morgan fingerprint density at radius 1 is 1.31 bits per heavy atom. The summed E-state index contributed by atoms with van der Waals surface area (Å²) in [6, 6.07) is 11.1. The molecule has 8 heteroatoms. The number of rotatable bonds is 8. The molecule has 3 rings (SSSR count). The van der Waals surface area contributed by atoms with Crippen molar-refractivity contribution in [3.63, 3.8) is 0 Å². The third-order valence-electron chi connectivity index (χ3n) is 6.14. The first-order valence-corrected chi connectivity index (χ1v) is 12.1. The number of aliphatic hydroxyl groups excluding tert-OH is 1. The van der Waals surface area contributed by atoms with Crippen molar-refractivity contribution in [3.05, 3.63) is 59.3 Å². The van der Waals surface area contributed by atoms with E-state index >= 15 is 0 Å². The zero-order valence-corrected chi connectivity index (χ0v) is 21.0. The van der Waals surface area contributed by atoms with Crippen molar-refractivity contribution in [2.45, 2.75) is 39.3 Å². The number of benzene rings is 1. The summed E-state index contributed by atoms with van der Waals surface area (Å²) in [4.78, 5) is 33.7. The highest BCUT2D eigenvalue weighted by molar-refractivity contribution is 5.97. The van der Waals surface area contributed by atoms with Crippen molar-refractivity contribution in [3.8, 4) is 5.88 Å². The number of hydrogen-bond acceptors (Lipinski definition) is 5. The van der Waals surface area contributed by atoms with Crippen molar-refractivity contribution >= 4 is 24.1 Å². The van der Waals surface area contributed by atoms with Crippen LogP contribution < -0.4 is 10.1 Å². The summed E-state index contributed by atoms with van der Waals surface area (Å²) in [5, 5.41) is 12.7. The number of urea groups is 1.